The molecule has 0 aliphatic rings. The van der Waals surface area contributed by atoms with Crippen molar-refractivity contribution in [1.29, 1.82) is 0 Å². The van der Waals surface area contributed by atoms with Gasteiger partial charge in [0, 0.05) is 12.7 Å². The van der Waals surface area contributed by atoms with Crippen molar-refractivity contribution in [3.05, 3.63) is 41.7 Å². The molecule has 0 saturated heterocycles. The summed E-state index contributed by atoms with van der Waals surface area (Å²) in [5.41, 5.74) is 1.85. The van der Waals surface area contributed by atoms with E-state index in [2.05, 4.69) is 10.4 Å². The summed E-state index contributed by atoms with van der Waals surface area (Å²) in [6.45, 7) is 7.55. The van der Waals surface area contributed by atoms with Crippen LogP contribution in [0.3, 0.4) is 0 Å². The lowest BCUT2D eigenvalue weighted by Crippen LogP contribution is -2.27. The van der Waals surface area contributed by atoms with Crippen LogP contribution in [0.5, 0.6) is 11.5 Å². The summed E-state index contributed by atoms with van der Waals surface area (Å²) >= 11 is 0. The van der Waals surface area contributed by atoms with Crippen molar-refractivity contribution >= 4 is 5.91 Å². The monoisotopic (exact) mass is 317 g/mol. The molecule has 0 unspecified atom stereocenters. The maximum absolute atomic E-state index is 11.9. The number of carbonyl (C=O) groups is 1. The quantitative estimate of drug-likeness (QED) is 0.811. The fraction of sp³-hybridized carbons (Fsp3) is 0.412. The van der Waals surface area contributed by atoms with E-state index in [9.17, 15) is 4.79 Å². The molecule has 0 spiro atoms. The summed E-state index contributed by atoms with van der Waals surface area (Å²) in [5, 5.41) is 7.08. The van der Waals surface area contributed by atoms with Crippen molar-refractivity contribution in [2.75, 3.05) is 13.2 Å². The molecule has 1 amide bonds. The number of nitrogens with one attached hydrogen (secondary N) is 1. The first-order valence-electron chi connectivity index (χ1n) is 7.77. The third-order valence-electron chi connectivity index (χ3n) is 3.18. The molecule has 2 rings (SSSR count). The standard InChI is InChI=1S/C17H23N3O3/c1-4-22-15-7-6-14(10-16(15)23-5-2)11-18-17(21)12-20-9-8-13(3)19-20/h6-10H,4-5,11-12H2,1-3H3,(H,18,21). The highest BCUT2D eigenvalue weighted by Crippen LogP contribution is 2.28. The van der Waals surface area contributed by atoms with Gasteiger partial charge in [-0.1, -0.05) is 6.07 Å². The number of carbonyl (C=O) groups excluding carboxylic acids is 1. The molecule has 0 bridgehead atoms. The van der Waals surface area contributed by atoms with Gasteiger partial charge in [0.05, 0.1) is 18.9 Å². The largest absolute Gasteiger partial charge is 0.490 e. The van der Waals surface area contributed by atoms with Crippen molar-refractivity contribution in [1.82, 2.24) is 15.1 Å². The molecule has 0 radical (unpaired) electrons. The van der Waals surface area contributed by atoms with Crippen molar-refractivity contribution < 1.29 is 14.3 Å². The van der Waals surface area contributed by atoms with Crippen LogP contribution in [-0.4, -0.2) is 28.9 Å². The van der Waals surface area contributed by atoms with E-state index < -0.39 is 0 Å². The molecule has 124 valence electrons. The number of rotatable bonds is 8. The van der Waals surface area contributed by atoms with Gasteiger partial charge in [0.25, 0.3) is 0 Å². The second-order valence-corrected chi connectivity index (χ2v) is 5.08. The van der Waals surface area contributed by atoms with Gasteiger partial charge in [-0.05, 0) is 44.5 Å². The number of aromatic nitrogens is 2. The third kappa shape index (κ3) is 5.02. The second-order valence-electron chi connectivity index (χ2n) is 5.08. The Morgan fingerprint density at radius 1 is 1.17 bits per heavy atom. The predicted octanol–water partition coefficient (Wildman–Crippen LogP) is 2.31. The molecule has 6 nitrogen and oxygen atoms in total. The van der Waals surface area contributed by atoms with Crippen LogP contribution in [0.15, 0.2) is 30.5 Å². The molecule has 2 aromatic rings. The van der Waals surface area contributed by atoms with Gasteiger partial charge in [-0.25, -0.2) is 0 Å². The van der Waals surface area contributed by atoms with Crippen LogP contribution in [0.1, 0.15) is 25.1 Å². The molecule has 1 aromatic carbocycles. The summed E-state index contributed by atoms with van der Waals surface area (Å²) in [4.78, 5) is 11.9. The number of nitrogens with zero attached hydrogens (tertiary/aromatic N) is 2. The highest BCUT2D eigenvalue weighted by atomic mass is 16.5. The first-order chi connectivity index (χ1) is 11.1. The number of aryl methyl sites for hydroxylation is 1. The normalized spacial score (nSPS) is 10.4. The van der Waals surface area contributed by atoms with E-state index in [4.69, 9.17) is 9.47 Å². The van der Waals surface area contributed by atoms with Crippen LogP contribution < -0.4 is 14.8 Å². The average Bonchev–Trinajstić information content (AvgIpc) is 2.93. The first-order valence-corrected chi connectivity index (χ1v) is 7.77. The Kier molecular flexibility index (Phi) is 6.02. The van der Waals surface area contributed by atoms with Crippen molar-refractivity contribution in [3.8, 4) is 11.5 Å². The smallest absolute Gasteiger partial charge is 0.241 e. The van der Waals surface area contributed by atoms with Gasteiger partial charge in [-0.2, -0.15) is 5.10 Å². The van der Waals surface area contributed by atoms with Crippen molar-refractivity contribution in [2.45, 2.75) is 33.9 Å². The summed E-state index contributed by atoms with van der Waals surface area (Å²) in [6.07, 6.45) is 1.79. The number of hydrogen-bond donors (Lipinski definition) is 1. The third-order valence-corrected chi connectivity index (χ3v) is 3.18. The molecule has 23 heavy (non-hydrogen) atoms. The summed E-state index contributed by atoms with van der Waals surface area (Å²) in [7, 11) is 0. The molecule has 0 saturated carbocycles. The van der Waals surface area contributed by atoms with Gasteiger partial charge in [0.15, 0.2) is 11.5 Å². The maximum Gasteiger partial charge on any atom is 0.241 e. The van der Waals surface area contributed by atoms with E-state index in [1.165, 1.54) is 0 Å². The molecule has 1 heterocycles. The Morgan fingerprint density at radius 3 is 2.57 bits per heavy atom. The van der Waals surface area contributed by atoms with Gasteiger partial charge in [-0.3, -0.25) is 9.48 Å². The molecule has 0 fully saturated rings. The van der Waals surface area contributed by atoms with E-state index >= 15 is 0 Å². The SMILES string of the molecule is CCOc1ccc(CNC(=O)Cn2ccc(C)n2)cc1OCC. The topological polar surface area (TPSA) is 65.4 Å². The van der Waals surface area contributed by atoms with E-state index in [1.807, 2.05) is 45.0 Å². The van der Waals surface area contributed by atoms with Crippen molar-refractivity contribution in [3.63, 3.8) is 0 Å². The van der Waals surface area contributed by atoms with Gasteiger partial charge in [0.1, 0.15) is 6.54 Å². The molecular weight excluding hydrogens is 294 g/mol. The Bertz CT molecular complexity index is 652. The van der Waals surface area contributed by atoms with Gasteiger partial charge < -0.3 is 14.8 Å². The van der Waals surface area contributed by atoms with Gasteiger partial charge in [0.2, 0.25) is 5.91 Å². The Balaban J connectivity index is 1.94. The molecule has 1 aromatic heterocycles. The number of ether oxygens (including phenoxy) is 2. The molecule has 0 aliphatic heterocycles. The molecular formula is C17H23N3O3. The number of amides is 1. The summed E-state index contributed by atoms with van der Waals surface area (Å²) < 4.78 is 12.7. The van der Waals surface area contributed by atoms with Crippen LogP contribution in [0.2, 0.25) is 0 Å². The zero-order chi connectivity index (χ0) is 16.7. The molecule has 0 atom stereocenters. The van der Waals surface area contributed by atoms with Crippen LogP contribution in [0, 0.1) is 6.92 Å². The van der Waals surface area contributed by atoms with Crippen LogP contribution in [0.25, 0.3) is 0 Å². The Morgan fingerprint density at radius 2 is 1.91 bits per heavy atom. The van der Waals surface area contributed by atoms with Crippen LogP contribution in [0.4, 0.5) is 0 Å². The number of benzene rings is 1. The minimum absolute atomic E-state index is 0.0834. The number of hydrogen-bond acceptors (Lipinski definition) is 4. The highest BCUT2D eigenvalue weighted by molar-refractivity contribution is 5.75. The summed E-state index contributed by atoms with van der Waals surface area (Å²) in [5.74, 6) is 1.33. The molecule has 1 N–H and O–H groups in total. The predicted molar refractivity (Wildman–Crippen MR) is 87.6 cm³/mol. The Hall–Kier alpha value is -2.50. The summed E-state index contributed by atoms with van der Waals surface area (Å²) in [6, 6.07) is 7.56. The molecule has 0 aliphatic carbocycles. The van der Waals surface area contributed by atoms with E-state index in [0.29, 0.717) is 25.5 Å². The lowest BCUT2D eigenvalue weighted by molar-refractivity contribution is -0.122. The first kappa shape index (κ1) is 16.9. The van der Waals surface area contributed by atoms with E-state index in [0.717, 1.165) is 17.0 Å². The van der Waals surface area contributed by atoms with E-state index in [1.54, 1.807) is 10.9 Å². The highest BCUT2D eigenvalue weighted by Gasteiger charge is 2.08. The minimum atomic E-state index is -0.0834. The lowest BCUT2D eigenvalue weighted by atomic mass is 10.2. The van der Waals surface area contributed by atoms with Crippen LogP contribution >= 0.6 is 0 Å². The maximum atomic E-state index is 11.9. The lowest BCUT2D eigenvalue weighted by Gasteiger charge is -2.13. The average molecular weight is 317 g/mol. The minimum Gasteiger partial charge on any atom is -0.490 e. The fourth-order valence-corrected chi connectivity index (χ4v) is 2.16. The zero-order valence-corrected chi connectivity index (χ0v) is 13.8. The Labute approximate surface area is 136 Å². The molecule has 6 heteroatoms. The van der Waals surface area contributed by atoms with E-state index in [-0.39, 0.29) is 12.5 Å². The van der Waals surface area contributed by atoms with Gasteiger partial charge in [-0.15, -0.1) is 0 Å². The second kappa shape index (κ2) is 8.22. The zero-order valence-electron chi connectivity index (χ0n) is 13.8. The van der Waals surface area contributed by atoms with Crippen molar-refractivity contribution in [2.24, 2.45) is 0 Å². The van der Waals surface area contributed by atoms with Gasteiger partial charge >= 0.3 is 0 Å². The van der Waals surface area contributed by atoms with Crippen LogP contribution in [-0.2, 0) is 17.9 Å². The fourth-order valence-electron chi connectivity index (χ4n) is 2.16.